The Balaban J connectivity index is 2.23. The highest BCUT2D eigenvalue weighted by Crippen LogP contribution is 2.32. The van der Waals surface area contributed by atoms with Gasteiger partial charge in [0.15, 0.2) is 0 Å². The molecule has 0 aliphatic carbocycles. The highest BCUT2D eigenvalue weighted by Gasteiger charge is 2.19. The second-order valence-corrected chi connectivity index (χ2v) is 6.39. The zero-order valence-electron chi connectivity index (χ0n) is 12.8. The van der Waals surface area contributed by atoms with E-state index in [1.54, 1.807) is 0 Å². The summed E-state index contributed by atoms with van der Waals surface area (Å²) in [4.78, 5) is 1.52. The number of aromatic hydroxyl groups is 1. The molecule has 0 saturated carbocycles. The van der Waals surface area contributed by atoms with Crippen molar-refractivity contribution in [1.29, 1.82) is 0 Å². The number of nitrogens with zero attached hydrogens (tertiary/aromatic N) is 3. The molecule has 4 nitrogen and oxygen atoms in total. The van der Waals surface area contributed by atoms with Crippen LogP contribution in [0, 0.1) is 6.92 Å². The summed E-state index contributed by atoms with van der Waals surface area (Å²) in [5.74, 6) is 0.225. The molecule has 21 heavy (non-hydrogen) atoms. The Labute approximate surface area is 124 Å². The summed E-state index contributed by atoms with van der Waals surface area (Å²) >= 11 is 0. The Morgan fingerprint density at radius 3 is 2.10 bits per heavy atom. The van der Waals surface area contributed by atoms with Gasteiger partial charge in [-0.2, -0.15) is 0 Å². The van der Waals surface area contributed by atoms with E-state index in [0.717, 1.165) is 22.2 Å². The van der Waals surface area contributed by atoms with E-state index in [9.17, 15) is 5.11 Å². The molecule has 0 atom stereocenters. The van der Waals surface area contributed by atoms with Crippen molar-refractivity contribution in [3.05, 3.63) is 47.5 Å². The van der Waals surface area contributed by atoms with Crippen LogP contribution in [0.5, 0.6) is 5.75 Å². The van der Waals surface area contributed by atoms with E-state index in [4.69, 9.17) is 0 Å². The third kappa shape index (κ3) is 2.37. The molecule has 0 spiro atoms. The second-order valence-electron chi connectivity index (χ2n) is 6.39. The fourth-order valence-electron chi connectivity index (χ4n) is 2.31. The molecule has 0 fully saturated rings. The molecule has 1 aromatic heterocycles. The zero-order valence-corrected chi connectivity index (χ0v) is 12.8. The van der Waals surface area contributed by atoms with Gasteiger partial charge in [0.2, 0.25) is 0 Å². The summed E-state index contributed by atoms with van der Waals surface area (Å²) < 4.78 is 0. The lowest BCUT2D eigenvalue weighted by Gasteiger charge is -2.21. The zero-order chi connectivity index (χ0) is 15.2. The van der Waals surface area contributed by atoms with Crippen LogP contribution >= 0.6 is 0 Å². The van der Waals surface area contributed by atoms with E-state index in [1.807, 2.05) is 43.3 Å². The third-order valence-corrected chi connectivity index (χ3v) is 3.65. The van der Waals surface area contributed by atoms with Gasteiger partial charge in [0.25, 0.3) is 0 Å². The van der Waals surface area contributed by atoms with Crippen molar-refractivity contribution in [2.75, 3.05) is 0 Å². The Kier molecular flexibility index (Phi) is 2.97. The number of phenols is 1. The fraction of sp³-hybridized carbons (Fsp3) is 0.294. The molecule has 0 amide bonds. The molecular weight excluding hydrogens is 262 g/mol. The Morgan fingerprint density at radius 1 is 1.00 bits per heavy atom. The summed E-state index contributed by atoms with van der Waals surface area (Å²) in [7, 11) is 0. The lowest BCUT2D eigenvalue weighted by molar-refractivity contribution is 0.462. The highest BCUT2D eigenvalue weighted by molar-refractivity contribution is 5.73. The molecule has 0 radical (unpaired) electrons. The van der Waals surface area contributed by atoms with Gasteiger partial charge in [-0.25, -0.2) is 0 Å². The van der Waals surface area contributed by atoms with Gasteiger partial charge >= 0.3 is 0 Å². The number of fused-ring (bicyclic) bond motifs is 1. The van der Waals surface area contributed by atoms with Crippen LogP contribution in [0.25, 0.3) is 16.7 Å². The average Bonchev–Trinajstić information content (AvgIpc) is 2.84. The standard InChI is InChI=1S/C17H19N3O/c1-11-9-12(17(2,3)4)10-15(16(11)21)20-18-13-7-5-6-8-14(13)19-20/h5-10,21H,1-4H3. The first kappa shape index (κ1) is 13.6. The molecule has 1 N–H and O–H groups in total. The number of benzene rings is 2. The SMILES string of the molecule is Cc1cc(C(C)(C)C)cc(-n2nc3ccccc3n2)c1O. The van der Waals surface area contributed by atoms with Gasteiger partial charge in [-0.1, -0.05) is 39.0 Å². The highest BCUT2D eigenvalue weighted by atomic mass is 16.3. The summed E-state index contributed by atoms with van der Waals surface area (Å²) in [5.41, 5.74) is 4.23. The Bertz CT molecular complexity index is 780. The number of rotatable bonds is 1. The number of aryl methyl sites for hydroxylation is 1. The lowest BCUT2D eigenvalue weighted by atomic mass is 9.85. The van der Waals surface area contributed by atoms with Gasteiger partial charge in [-0.3, -0.25) is 0 Å². The number of hydrogen-bond acceptors (Lipinski definition) is 3. The van der Waals surface area contributed by atoms with E-state index in [1.165, 1.54) is 4.80 Å². The first-order chi connectivity index (χ1) is 9.86. The van der Waals surface area contributed by atoms with Crippen molar-refractivity contribution in [2.45, 2.75) is 33.1 Å². The summed E-state index contributed by atoms with van der Waals surface area (Å²) in [5, 5.41) is 19.3. The predicted molar refractivity (Wildman–Crippen MR) is 84.0 cm³/mol. The normalized spacial score (nSPS) is 12.0. The minimum atomic E-state index is -0.000213. The largest absolute Gasteiger partial charge is 0.505 e. The van der Waals surface area contributed by atoms with Crippen LogP contribution in [0.15, 0.2) is 36.4 Å². The molecule has 2 aromatic carbocycles. The van der Waals surface area contributed by atoms with E-state index in [-0.39, 0.29) is 11.2 Å². The number of phenolic OH excluding ortho intramolecular Hbond substituents is 1. The van der Waals surface area contributed by atoms with Crippen molar-refractivity contribution in [2.24, 2.45) is 0 Å². The quantitative estimate of drug-likeness (QED) is 0.739. The third-order valence-electron chi connectivity index (χ3n) is 3.65. The molecule has 0 aliphatic heterocycles. The first-order valence-electron chi connectivity index (χ1n) is 7.03. The number of hydrogen-bond donors (Lipinski definition) is 1. The van der Waals surface area contributed by atoms with E-state index >= 15 is 0 Å². The lowest BCUT2D eigenvalue weighted by Crippen LogP contribution is -2.13. The Morgan fingerprint density at radius 2 is 1.57 bits per heavy atom. The second kappa shape index (κ2) is 4.58. The minimum Gasteiger partial charge on any atom is -0.505 e. The van der Waals surface area contributed by atoms with E-state index < -0.39 is 0 Å². The number of aromatic nitrogens is 3. The maximum absolute atomic E-state index is 10.4. The topological polar surface area (TPSA) is 50.9 Å². The van der Waals surface area contributed by atoms with Crippen LogP contribution < -0.4 is 0 Å². The fourth-order valence-corrected chi connectivity index (χ4v) is 2.31. The van der Waals surface area contributed by atoms with Gasteiger partial charge in [0.1, 0.15) is 22.5 Å². The molecule has 0 aliphatic rings. The van der Waals surface area contributed by atoms with Crippen molar-refractivity contribution < 1.29 is 5.11 Å². The minimum absolute atomic E-state index is 0.000213. The van der Waals surface area contributed by atoms with Gasteiger partial charge in [-0.05, 0) is 41.7 Å². The average molecular weight is 281 g/mol. The molecule has 1 heterocycles. The van der Waals surface area contributed by atoms with Crippen LogP contribution in [0.2, 0.25) is 0 Å². The molecule has 0 bridgehead atoms. The van der Waals surface area contributed by atoms with Crippen molar-refractivity contribution in [1.82, 2.24) is 15.0 Å². The summed E-state index contributed by atoms with van der Waals surface area (Å²) in [6, 6.07) is 11.7. The molecular formula is C17H19N3O. The van der Waals surface area contributed by atoms with Gasteiger partial charge in [0, 0.05) is 0 Å². The first-order valence-corrected chi connectivity index (χ1v) is 7.03. The molecule has 3 aromatic rings. The molecule has 4 heteroatoms. The maximum Gasteiger partial charge on any atom is 0.146 e. The van der Waals surface area contributed by atoms with Crippen LogP contribution in [0.3, 0.4) is 0 Å². The van der Waals surface area contributed by atoms with E-state index in [0.29, 0.717) is 5.69 Å². The smallest absolute Gasteiger partial charge is 0.146 e. The molecule has 108 valence electrons. The monoisotopic (exact) mass is 281 g/mol. The Hall–Kier alpha value is -2.36. The molecule has 0 saturated heterocycles. The van der Waals surface area contributed by atoms with E-state index in [2.05, 4.69) is 31.0 Å². The van der Waals surface area contributed by atoms with Crippen LogP contribution in [0.1, 0.15) is 31.9 Å². The van der Waals surface area contributed by atoms with Gasteiger partial charge in [0.05, 0.1) is 0 Å². The molecule has 0 unspecified atom stereocenters. The van der Waals surface area contributed by atoms with Crippen molar-refractivity contribution >= 4 is 11.0 Å². The van der Waals surface area contributed by atoms with Gasteiger partial charge < -0.3 is 5.11 Å². The van der Waals surface area contributed by atoms with Crippen molar-refractivity contribution in [3.8, 4) is 11.4 Å². The van der Waals surface area contributed by atoms with Crippen LogP contribution in [-0.2, 0) is 5.41 Å². The van der Waals surface area contributed by atoms with Gasteiger partial charge in [-0.15, -0.1) is 15.0 Å². The molecule has 3 rings (SSSR count). The predicted octanol–water partition coefficient (Wildman–Crippen LogP) is 3.73. The summed E-state index contributed by atoms with van der Waals surface area (Å²) in [6.45, 7) is 8.35. The summed E-state index contributed by atoms with van der Waals surface area (Å²) in [6.07, 6.45) is 0. The van der Waals surface area contributed by atoms with Crippen LogP contribution in [0.4, 0.5) is 0 Å². The maximum atomic E-state index is 10.4. The van der Waals surface area contributed by atoms with Crippen LogP contribution in [-0.4, -0.2) is 20.1 Å². The van der Waals surface area contributed by atoms with Crippen molar-refractivity contribution in [3.63, 3.8) is 0 Å².